The Morgan fingerprint density at radius 3 is 0.681 bits per heavy atom. The summed E-state index contributed by atoms with van der Waals surface area (Å²) in [7, 11) is 0. The van der Waals surface area contributed by atoms with Gasteiger partial charge in [-0.25, -0.2) is 19.2 Å². The molecule has 0 atom stereocenters. The summed E-state index contributed by atoms with van der Waals surface area (Å²) in [5.74, 6) is -3.06. The van der Waals surface area contributed by atoms with E-state index in [1.807, 2.05) is 121 Å². The number of aliphatic carboxylic acids is 4. The minimum absolute atomic E-state index is 0.354. The largest absolute Gasteiger partial charge is 0.482 e. The van der Waals surface area contributed by atoms with Gasteiger partial charge in [-0.1, -0.05) is 48.5 Å². The molecule has 0 amide bonds. The van der Waals surface area contributed by atoms with Gasteiger partial charge in [0.1, 0.15) is 23.0 Å². The Morgan fingerprint density at radius 1 is 0.333 bits per heavy atom. The Kier molecular flexibility index (Phi) is 12.5. The van der Waals surface area contributed by atoms with E-state index in [0.29, 0.717) is 23.0 Å². The topological polar surface area (TPSA) is 249 Å². The van der Waals surface area contributed by atoms with Crippen LogP contribution in [0.3, 0.4) is 0 Å². The lowest BCUT2D eigenvalue weighted by molar-refractivity contribution is -0.140. The Hall–Kier alpha value is -8.92. The molecule has 368 valence electrons. The van der Waals surface area contributed by atoms with Crippen LogP contribution in [0.2, 0.25) is 0 Å². The maximum Gasteiger partial charge on any atom is 0.341 e. The van der Waals surface area contributed by atoms with Crippen molar-refractivity contribution in [3.05, 3.63) is 213 Å². The highest BCUT2D eigenvalue weighted by atomic mass is 16.5. The summed E-state index contributed by atoms with van der Waals surface area (Å²) in [5.41, 5.74) is 5.02. The molecule has 0 saturated heterocycles. The third kappa shape index (κ3) is 8.71. The number of carboxylic acid groups (broad SMARTS) is 4. The van der Waals surface area contributed by atoms with Crippen LogP contribution in [0.15, 0.2) is 146 Å². The van der Waals surface area contributed by atoms with Gasteiger partial charge in [0.25, 0.3) is 0 Å². The molecule has 8 aromatic rings. The first kappa shape index (κ1) is 48.1. The number of aromatic nitrogens is 4. The molecule has 9 rings (SSSR count). The number of hydrogen-bond donors (Lipinski definition) is 8. The zero-order valence-corrected chi connectivity index (χ0v) is 39.7. The molecule has 0 spiro atoms. The summed E-state index contributed by atoms with van der Waals surface area (Å²) in [4.78, 5) is 61.9. The van der Waals surface area contributed by atoms with Gasteiger partial charge in [-0.15, -0.1) is 0 Å². The van der Waals surface area contributed by atoms with Crippen molar-refractivity contribution in [3.8, 4) is 23.0 Å². The van der Waals surface area contributed by atoms with E-state index in [1.54, 1.807) is 24.3 Å². The number of H-pyrrole nitrogens is 4. The zero-order chi connectivity index (χ0) is 51.0. The zero-order valence-electron chi connectivity index (χ0n) is 39.7. The van der Waals surface area contributed by atoms with Crippen molar-refractivity contribution in [1.82, 2.24) is 19.9 Å². The molecule has 8 bridgehead atoms. The molecule has 0 unspecified atom stereocenters. The van der Waals surface area contributed by atoms with E-state index in [4.69, 9.17) is 18.9 Å². The Labute approximate surface area is 413 Å². The monoisotopic (exact) mass is 972 g/mol. The van der Waals surface area contributed by atoms with E-state index >= 15 is 0 Å². The summed E-state index contributed by atoms with van der Waals surface area (Å²) >= 11 is 0. The molecule has 0 saturated carbocycles. The van der Waals surface area contributed by atoms with Crippen LogP contribution in [0.25, 0.3) is 0 Å². The highest BCUT2D eigenvalue weighted by Gasteiger charge is 2.44. The number of nitrogens with one attached hydrogen (secondary N) is 4. The third-order valence-corrected chi connectivity index (χ3v) is 14.1. The van der Waals surface area contributed by atoms with Gasteiger partial charge < -0.3 is 59.3 Å². The Balaban J connectivity index is 1.33. The third-order valence-electron chi connectivity index (χ3n) is 14.1. The van der Waals surface area contributed by atoms with E-state index in [-0.39, 0.29) is 0 Å². The van der Waals surface area contributed by atoms with Crippen LogP contribution in [0.1, 0.15) is 95.5 Å². The minimum atomic E-state index is -1.12. The van der Waals surface area contributed by atoms with E-state index < -0.39 is 72.0 Å². The second kappa shape index (κ2) is 18.8. The molecule has 8 N–H and O–H groups in total. The molecular weight excluding hydrogens is 921 g/mol. The molecule has 0 aliphatic carbocycles. The molecule has 0 fully saturated rings. The number of carboxylic acids is 4. The predicted molar refractivity (Wildman–Crippen MR) is 264 cm³/mol. The molecular formula is C56H52N4O12. The summed E-state index contributed by atoms with van der Waals surface area (Å²) in [6.45, 7) is 6.08. The standard InChI is InChI=1S/C56H52N4O12/c1-53(33-9-5-13-37(25-33)69-29-49(61)62)41-17-19-43(57-41)54(2,34-10-6-14-38(26-34)70-30-50(63)64)45-21-23-47(59-45)56(4,36-12-8-16-40(28-36)72-32-52(67)68)48-24-22-46(60-48)55(3,44-20-18-42(53)58-44)35-11-7-15-39(27-35)71-31-51(65)66/h5-28,57-60H,29-32H2,1-4H3,(H,61,62)(H,63,64)(H,65,66)(H,67,68). The number of ether oxygens (including phenoxy) is 4. The van der Waals surface area contributed by atoms with Crippen LogP contribution < -0.4 is 18.9 Å². The van der Waals surface area contributed by atoms with Gasteiger partial charge in [0.15, 0.2) is 26.4 Å². The number of fused-ring (bicyclic) bond motifs is 8. The van der Waals surface area contributed by atoms with E-state index in [9.17, 15) is 39.6 Å². The van der Waals surface area contributed by atoms with Crippen LogP contribution in [0.5, 0.6) is 23.0 Å². The van der Waals surface area contributed by atoms with Gasteiger partial charge in [0, 0.05) is 45.6 Å². The summed E-state index contributed by atoms with van der Waals surface area (Å²) in [5, 5.41) is 38.1. The smallest absolute Gasteiger partial charge is 0.341 e. The number of benzene rings is 4. The van der Waals surface area contributed by atoms with Gasteiger partial charge in [-0.2, -0.15) is 0 Å². The van der Waals surface area contributed by atoms with Crippen LogP contribution >= 0.6 is 0 Å². The first-order valence-electron chi connectivity index (χ1n) is 23.0. The number of carbonyl (C=O) groups is 4. The maximum atomic E-state index is 11.7. The average Bonchev–Trinajstić information content (AvgIpc) is 4.24. The van der Waals surface area contributed by atoms with Gasteiger partial charge in [-0.05, 0) is 147 Å². The lowest BCUT2D eigenvalue weighted by Crippen LogP contribution is -2.32. The van der Waals surface area contributed by atoms with E-state index in [2.05, 4.69) is 47.6 Å². The lowest BCUT2D eigenvalue weighted by atomic mass is 9.76. The van der Waals surface area contributed by atoms with Crippen LogP contribution in [-0.4, -0.2) is 90.7 Å². The first-order valence-corrected chi connectivity index (χ1v) is 23.0. The molecule has 0 radical (unpaired) electrons. The van der Waals surface area contributed by atoms with Crippen LogP contribution in [-0.2, 0) is 40.8 Å². The van der Waals surface area contributed by atoms with Crippen molar-refractivity contribution in [2.24, 2.45) is 0 Å². The second-order valence-corrected chi connectivity index (χ2v) is 18.5. The fourth-order valence-electron chi connectivity index (χ4n) is 9.91. The Morgan fingerprint density at radius 2 is 0.514 bits per heavy atom. The van der Waals surface area contributed by atoms with E-state index in [0.717, 1.165) is 67.8 Å². The van der Waals surface area contributed by atoms with Gasteiger partial charge in [0.2, 0.25) is 0 Å². The van der Waals surface area contributed by atoms with Gasteiger partial charge in [0.05, 0.1) is 21.7 Å². The van der Waals surface area contributed by atoms with Crippen molar-refractivity contribution in [2.75, 3.05) is 26.4 Å². The first-order chi connectivity index (χ1) is 34.4. The van der Waals surface area contributed by atoms with Crippen molar-refractivity contribution in [1.29, 1.82) is 0 Å². The minimum Gasteiger partial charge on any atom is -0.482 e. The highest BCUT2D eigenvalue weighted by molar-refractivity contribution is 5.70. The van der Waals surface area contributed by atoms with Crippen molar-refractivity contribution < 1.29 is 58.6 Å². The van der Waals surface area contributed by atoms with Crippen LogP contribution in [0.4, 0.5) is 0 Å². The molecule has 16 nitrogen and oxygen atoms in total. The second-order valence-electron chi connectivity index (χ2n) is 18.5. The molecule has 16 heteroatoms. The quantitative estimate of drug-likeness (QED) is 0.0454. The van der Waals surface area contributed by atoms with Gasteiger partial charge >= 0.3 is 23.9 Å². The molecule has 72 heavy (non-hydrogen) atoms. The molecule has 1 aliphatic heterocycles. The lowest BCUT2D eigenvalue weighted by Gasteiger charge is -2.34. The van der Waals surface area contributed by atoms with Gasteiger partial charge in [-0.3, -0.25) is 0 Å². The molecule has 4 aromatic heterocycles. The van der Waals surface area contributed by atoms with Crippen molar-refractivity contribution >= 4 is 23.9 Å². The fraction of sp³-hybridized carbons (Fsp3) is 0.214. The van der Waals surface area contributed by atoms with E-state index in [1.165, 1.54) is 0 Å². The highest BCUT2D eigenvalue weighted by Crippen LogP contribution is 2.49. The number of rotatable bonds is 16. The van der Waals surface area contributed by atoms with Crippen LogP contribution in [0, 0.1) is 0 Å². The number of aromatic amines is 4. The fourth-order valence-corrected chi connectivity index (χ4v) is 9.91. The summed E-state index contributed by atoms with van der Waals surface area (Å²) in [6, 6.07) is 45.3. The molecule has 4 aromatic carbocycles. The normalized spacial score (nSPS) is 20.3. The Bertz CT molecular complexity index is 2830. The number of hydrogen-bond acceptors (Lipinski definition) is 8. The van der Waals surface area contributed by atoms with Crippen molar-refractivity contribution in [2.45, 2.75) is 49.4 Å². The summed E-state index contributed by atoms with van der Waals surface area (Å²) < 4.78 is 22.9. The van der Waals surface area contributed by atoms with Crippen molar-refractivity contribution in [3.63, 3.8) is 0 Å². The molecule has 1 aliphatic rings. The SMILES string of the molecule is CC1(c2cccc(OCC(=O)O)c2)c2ccc([nH]2)C(C)(c2cccc(OCC(=O)O)c2)c2ccc([nH]2)C(C)(c2cccc(OCC(=O)O)c2)c2ccc([nH]2)C(C)(c2cccc(OCC(=O)O)c2)c2ccc1[nH]2. The maximum absolute atomic E-state index is 11.7. The average molecular weight is 973 g/mol. The predicted octanol–water partition coefficient (Wildman–Crippen LogP) is 8.58. The summed E-state index contributed by atoms with van der Waals surface area (Å²) in [6.07, 6.45) is 0. The molecule has 5 heterocycles.